The summed E-state index contributed by atoms with van der Waals surface area (Å²) >= 11 is 0. The van der Waals surface area contributed by atoms with Gasteiger partial charge in [-0.3, -0.25) is 0 Å². The topological polar surface area (TPSA) is 22.2 Å². The summed E-state index contributed by atoms with van der Waals surface area (Å²) in [7, 11) is 1.97. The van der Waals surface area contributed by atoms with E-state index in [0.29, 0.717) is 0 Å². The van der Waals surface area contributed by atoms with Gasteiger partial charge in [0.25, 0.3) is 0 Å². The van der Waals surface area contributed by atoms with Gasteiger partial charge in [-0.05, 0) is 12.1 Å². The molecular formula is C8H13N3. The van der Waals surface area contributed by atoms with Gasteiger partial charge in [0.15, 0.2) is 0 Å². The molecule has 3 heteroatoms. The van der Waals surface area contributed by atoms with E-state index in [1.165, 1.54) is 0 Å². The number of hydrogen-bond donors (Lipinski definition) is 0. The second-order valence-electron chi connectivity index (χ2n) is 2.05. The molecule has 0 spiro atoms. The van der Waals surface area contributed by atoms with Gasteiger partial charge < -0.3 is 4.57 Å². The Morgan fingerprint density at radius 1 is 1.36 bits per heavy atom. The average molecular weight is 151 g/mol. The first-order chi connectivity index (χ1) is 5.38. The van der Waals surface area contributed by atoms with Gasteiger partial charge in [-0.25, -0.2) is 4.52 Å². The van der Waals surface area contributed by atoms with Crippen LogP contribution in [0.5, 0.6) is 0 Å². The largest absolute Gasteiger partial charge is 0.319 e. The molecule has 0 atom stereocenters. The molecule has 0 aliphatic heterocycles. The SMILES string of the molecule is CC.Cn1cnn2cccc12. The zero-order valence-corrected chi connectivity index (χ0v) is 7.15. The number of aromatic nitrogens is 3. The van der Waals surface area contributed by atoms with Gasteiger partial charge in [-0.15, -0.1) is 0 Å². The van der Waals surface area contributed by atoms with Crippen LogP contribution in [0.3, 0.4) is 0 Å². The molecule has 0 aromatic carbocycles. The standard InChI is InChI=1S/C6H7N3.C2H6/c1-8-5-7-9-4-2-3-6(8)9;1-2/h2-5H,1H3;1-2H3. The van der Waals surface area contributed by atoms with Gasteiger partial charge in [-0.1, -0.05) is 13.8 Å². The van der Waals surface area contributed by atoms with Gasteiger partial charge in [-0.2, -0.15) is 5.10 Å². The van der Waals surface area contributed by atoms with Gasteiger partial charge in [0, 0.05) is 13.2 Å². The second-order valence-corrected chi connectivity index (χ2v) is 2.05. The summed E-state index contributed by atoms with van der Waals surface area (Å²) in [4.78, 5) is 0. The van der Waals surface area contributed by atoms with Crippen molar-refractivity contribution in [3.05, 3.63) is 24.7 Å². The van der Waals surface area contributed by atoms with Gasteiger partial charge in [0.05, 0.1) is 0 Å². The number of aryl methyl sites for hydroxylation is 1. The fraction of sp³-hybridized carbons (Fsp3) is 0.375. The molecule has 0 aliphatic carbocycles. The van der Waals surface area contributed by atoms with E-state index in [1.807, 2.05) is 48.3 Å². The Bertz CT molecular complexity index is 319. The molecule has 0 radical (unpaired) electrons. The maximum atomic E-state index is 4.06. The van der Waals surface area contributed by atoms with E-state index in [-0.39, 0.29) is 0 Å². The van der Waals surface area contributed by atoms with Crippen LogP contribution in [0.1, 0.15) is 13.8 Å². The summed E-state index contributed by atoms with van der Waals surface area (Å²) in [6, 6.07) is 4.00. The van der Waals surface area contributed by atoms with Crippen molar-refractivity contribution in [2.75, 3.05) is 0 Å². The second kappa shape index (κ2) is 3.23. The summed E-state index contributed by atoms with van der Waals surface area (Å²) < 4.78 is 3.81. The van der Waals surface area contributed by atoms with Crippen LogP contribution in [0.4, 0.5) is 0 Å². The molecule has 3 nitrogen and oxygen atoms in total. The quantitative estimate of drug-likeness (QED) is 0.561. The zero-order chi connectivity index (χ0) is 8.27. The molecule has 0 N–H and O–H groups in total. The fourth-order valence-electron chi connectivity index (χ4n) is 0.932. The summed E-state index contributed by atoms with van der Waals surface area (Å²) in [6.07, 6.45) is 3.71. The molecule has 0 amide bonds. The Kier molecular flexibility index (Phi) is 2.31. The minimum atomic E-state index is 1.12. The van der Waals surface area contributed by atoms with Gasteiger partial charge >= 0.3 is 0 Å². The molecule has 0 saturated carbocycles. The summed E-state index contributed by atoms with van der Waals surface area (Å²) in [5.74, 6) is 0. The third kappa shape index (κ3) is 1.27. The molecule has 0 saturated heterocycles. The van der Waals surface area contributed by atoms with E-state index < -0.39 is 0 Å². The third-order valence-electron chi connectivity index (χ3n) is 1.42. The van der Waals surface area contributed by atoms with Crippen molar-refractivity contribution in [2.45, 2.75) is 13.8 Å². The van der Waals surface area contributed by atoms with Crippen molar-refractivity contribution in [2.24, 2.45) is 7.05 Å². The lowest BCUT2D eigenvalue weighted by Gasteiger charge is -1.84. The fourth-order valence-corrected chi connectivity index (χ4v) is 0.932. The Morgan fingerprint density at radius 3 is 2.73 bits per heavy atom. The molecule has 0 bridgehead atoms. The van der Waals surface area contributed by atoms with Crippen molar-refractivity contribution in [1.29, 1.82) is 0 Å². The van der Waals surface area contributed by atoms with Crippen LogP contribution in [0.25, 0.3) is 5.65 Å². The van der Waals surface area contributed by atoms with Gasteiger partial charge in [0.1, 0.15) is 12.0 Å². The van der Waals surface area contributed by atoms with Crippen LogP contribution in [0, 0.1) is 0 Å². The molecule has 2 aromatic rings. The number of hydrogen-bond acceptors (Lipinski definition) is 1. The molecule has 11 heavy (non-hydrogen) atoms. The highest BCUT2D eigenvalue weighted by molar-refractivity contribution is 5.37. The molecule has 2 aromatic heterocycles. The van der Waals surface area contributed by atoms with E-state index in [9.17, 15) is 0 Å². The van der Waals surface area contributed by atoms with Crippen molar-refractivity contribution in [1.82, 2.24) is 14.2 Å². The first-order valence-corrected chi connectivity index (χ1v) is 3.82. The lowest BCUT2D eigenvalue weighted by molar-refractivity contribution is 0.943. The number of fused-ring (bicyclic) bond motifs is 1. The minimum absolute atomic E-state index is 1.12. The van der Waals surface area contributed by atoms with Crippen LogP contribution in [0.2, 0.25) is 0 Å². The van der Waals surface area contributed by atoms with E-state index in [0.717, 1.165) is 5.65 Å². The highest BCUT2D eigenvalue weighted by atomic mass is 15.3. The van der Waals surface area contributed by atoms with Crippen LogP contribution < -0.4 is 0 Å². The molecule has 2 rings (SSSR count). The Labute approximate surface area is 66.3 Å². The van der Waals surface area contributed by atoms with Crippen molar-refractivity contribution in [3.8, 4) is 0 Å². The monoisotopic (exact) mass is 151 g/mol. The molecule has 2 heterocycles. The first kappa shape index (κ1) is 7.85. The van der Waals surface area contributed by atoms with E-state index >= 15 is 0 Å². The predicted octanol–water partition coefficient (Wildman–Crippen LogP) is 1.70. The van der Waals surface area contributed by atoms with Crippen molar-refractivity contribution < 1.29 is 0 Å². The molecular weight excluding hydrogens is 138 g/mol. The number of nitrogens with zero attached hydrogens (tertiary/aromatic N) is 3. The zero-order valence-electron chi connectivity index (χ0n) is 7.15. The van der Waals surface area contributed by atoms with E-state index in [4.69, 9.17) is 0 Å². The lowest BCUT2D eigenvalue weighted by atomic mass is 10.6. The van der Waals surface area contributed by atoms with Crippen molar-refractivity contribution in [3.63, 3.8) is 0 Å². The number of rotatable bonds is 0. The van der Waals surface area contributed by atoms with Gasteiger partial charge in [0.2, 0.25) is 0 Å². The third-order valence-corrected chi connectivity index (χ3v) is 1.42. The molecule has 0 aliphatic rings. The average Bonchev–Trinajstić information content (AvgIpc) is 2.60. The smallest absolute Gasteiger partial charge is 0.135 e. The highest BCUT2D eigenvalue weighted by Gasteiger charge is 1.93. The van der Waals surface area contributed by atoms with E-state index in [1.54, 1.807) is 6.33 Å². The van der Waals surface area contributed by atoms with Crippen LogP contribution in [-0.4, -0.2) is 14.2 Å². The van der Waals surface area contributed by atoms with Crippen LogP contribution >= 0.6 is 0 Å². The molecule has 60 valence electrons. The minimum Gasteiger partial charge on any atom is -0.319 e. The Morgan fingerprint density at radius 2 is 2.09 bits per heavy atom. The first-order valence-electron chi connectivity index (χ1n) is 3.82. The Balaban J connectivity index is 0.000000281. The van der Waals surface area contributed by atoms with Crippen molar-refractivity contribution >= 4 is 5.65 Å². The predicted molar refractivity (Wildman–Crippen MR) is 45.5 cm³/mol. The summed E-state index contributed by atoms with van der Waals surface area (Å²) in [5, 5.41) is 4.06. The molecule has 0 unspecified atom stereocenters. The van der Waals surface area contributed by atoms with E-state index in [2.05, 4.69) is 5.10 Å². The summed E-state index contributed by atoms with van der Waals surface area (Å²) in [5.41, 5.74) is 1.12. The summed E-state index contributed by atoms with van der Waals surface area (Å²) in [6.45, 7) is 4.00. The Hall–Kier alpha value is -1.25. The maximum absolute atomic E-state index is 4.06. The normalized spacial score (nSPS) is 9.36. The van der Waals surface area contributed by atoms with Crippen LogP contribution in [0.15, 0.2) is 24.7 Å². The lowest BCUT2D eigenvalue weighted by Crippen LogP contribution is -1.82. The van der Waals surface area contributed by atoms with Crippen LogP contribution in [-0.2, 0) is 7.05 Å². The molecule has 0 fully saturated rings. The maximum Gasteiger partial charge on any atom is 0.135 e. The highest BCUT2D eigenvalue weighted by Crippen LogP contribution is 1.99.